The lowest BCUT2D eigenvalue weighted by molar-refractivity contribution is -0.173. The molecule has 1 fully saturated rings. The number of hydrogen-bond donors (Lipinski definition) is 1. The van der Waals surface area contributed by atoms with Gasteiger partial charge in [-0.15, -0.1) is 0 Å². The topological polar surface area (TPSA) is 66.8 Å². The first-order valence-corrected chi connectivity index (χ1v) is 7.29. The number of nitrogens with zero attached hydrogens (tertiary/aromatic N) is 1. The van der Waals surface area contributed by atoms with Gasteiger partial charge < -0.3 is 14.7 Å². The van der Waals surface area contributed by atoms with Crippen LogP contribution in [0, 0.1) is 0 Å². The number of carbonyl (C=O) groups excluding carboxylic acids is 1. The van der Waals surface area contributed by atoms with Gasteiger partial charge in [0.05, 0.1) is 6.04 Å². The van der Waals surface area contributed by atoms with Crippen LogP contribution in [-0.4, -0.2) is 41.1 Å². The van der Waals surface area contributed by atoms with Gasteiger partial charge in [-0.25, -0.2) is 4.79 Å². The van der Waals surface area contributed by atoms with Crippen molar-refractivity contribution < 1.29 is 19.4 Å². The van der Waals surface area contributed by atoms with Crippen LogP contribution in [0.5, 0.6) is 0 Å². The van der Waals surface area contributed by atoms with Gasteiger partial charge in [-0.1, -0.05) is 30.1 Å². The largest absolute Gasteiger partial charge is 0.479 e. The highest BCUT2D eigenvalue weighted by Gasteiger charge is 2.41. The molecule has 1 aromatic rings. The SMILES string of the molecule is CCCN1C(=O)COC(C(=O)O)C1c1cc(Cl)cc(Cl)c1. The summed E-state index contributed by atoms with van der Waals surface area (Å²) in [6, 6.07) is 4.04. The molecule has 0 bridgehead atoms. The Balaban J connectivity index is 2.48. The molecule has 0 saturated carbocycles. The van der Waals surface area contributed by atoms with E-state index in [9.17, 15) is 14.7 Å². The Hall–Kier alpha value is -1.30. The van der Waals surface area contributed by atoms with E-state index in [-0.39, 0.29) is 12.5 Å². The van der Waals surface area contributed by atoms with Crippen molar-refractivity contribution in [2.45, 2.75) is 25.5 Å². The number of carboxylic acids is 1. The van der Waals surface area contributed by atoms with Gasteiger partial charge in [0.15, 0.2) is 6.10 Å². The van der Waals surface area contributed by atoms with E-state index >= 15 is 0 Å². The fourth-order valence-electron chi connectivity index (χ4n) is 2.47. The quantitative estimate of drug-likeness (QED) is 0.921. The fraction of sp³-hybridized carbons (Fsp3) is 0.429. The molecule has 2 unspecified atom stereocenters. The maximum atomic E-state index is 12.0. The van der Waals surface area contributed by atoms with Crippen LogP contribution in [-0.2, 0) is 14.3 Å². The Labute approximate surface area is 132 Å². The number of morpholine rings is 1. The molecule has 114 valence electrons. The molecule has 1 amide bonds. The summed E-state index contributed by atoms with van der Waals surface area (Å²) >= 11 is 12.0. The average Bonchev–Trinajstić information content (AvgIpc) is 2.39. The molecule has 2 atom stereocenters. The normalized spacial score (nSPS) is 22.4. The molecule has 1 saturated heterocycles. The number of rotatable bonds is 4. The third kappa shape index (κ3) is 3.48. The summed E-state index contributed by atoms with van der Waals surface area (Å²) in [5.74, 6) is -1.36. The third-order valence-corrected chi connectivity index (χ3v) is 3.70. The molecule has 1 heterocycles. The highest BCUT2D eigenvalue weighted by molar-refractivity contribution is 6.34. The van der Waals surface area contributed by atoms with Crippen molar-refractivity contribution in [1.82, 2.24) is 4.90 Å². The molecule has 0 radical (unpaired) electrons. The second-order valence-corrected chi connectivity index (χ2v) is 5.68. The Kier molecular flexibility index (Phi) is 5.08. The number of benzene rings is 1. The number of amides is 1. The van der Waals surface area contributed by atoms with Gasteiger partial charge in [0.1, 0.15) is 6.61 Å². The minimum Gasteiger partial charge on any atom is -0.479 e. The fourth-order valence-corrected chi connectivity index (χ4v) is 3.01. The first kappa shape index (κ1) is 16.1. The number of carboxylic acid groups (broad SMARTS) is 1. The van der Waals surface area contributed by atoms with Crippen LogP contribution in [0.2, 0.25) is 10.0 Å². The Morgan fingerprint density at radius 1 is 1.38 bits per heavy atom. The second kappa shape index (κ2) is 6.64. The van der Waals surface area contributed by atoms with Crippen molar-refractivity contribution in [2.75, 3.05) is 13.2 Å². The van der Waals surface area contributed by atoms with E-state index in [0.29, 0.717) is 28.6 Å². The lowest BCUT2D eigenvalue weighted by atomic mass is 9.97. The molecular weight excluding hydrogens is 317 g/mol. The van der Waals surface area contributed by atoms with Gasteiger partial charge >= 0.3 is 5.97 Å². The third-order valence-electron chi connectivity index (χ3n) is 3.26. The molecule has 5 nitrogen and oxygen atoms in total. The highest BCUT2D eigenvalue weighted by Crippen LogP contribution is 2.33. The summed E-state index contributed by atoms with van der Waals surface area (Å²) in [7, 11) is 0. The van der Waals surface area contributed by atoms with Crippen molar-refractivity contribution in [1.29, 1.82) is 0 Å². The van der Waals surface area contributed by atoms with Crippen LogP contribution in [0.4, 0.5) is 0 Å². The van der Waals surface area contributed by atoms with Crippen LogP contribution in [0.15, 0.2) is 18.2 Å². The standard InChI is InChI=1S/C14H15Cl2NO4/c1-2-3-17-11(18)7-21-13(14(19)20)12(17)8-4-9(15)6-10(16)5-8/h4-6,12-13H,2-3,7H2,1H3,(H,19,20). The molecule has 1 aromatic carbocycles. The van der Waals surface area contributed by atoms with E-state index in [1.54, 1.807) is 18.2 Å². The summed E-state index contributed by atoms with van der Waals surface area (Å²) in [4.78, 5) is 25.0. The maximum Gasteiger partial charge on any atom is 0.335 e. The van der Waals surface area contributed by atoms with Crippen LogP contribution in [0.3, 0.4) is 0 Å². The summed E-state index contributed by atoms with van der Waals surface area (Å²) in [5, 5.41) is 10.1. The molecule has 1 aliphatic rings. The minimum atomic E-state index is -1.14. The van der Waals surface area contributed by atoms with E-state index < -0.39 is 18.1 Å². The van der Waals surface area contributed by atoms with Gasteiger partial charge in [0.2, 0.25) is 5.91 Å². The van der Waals surface area contributed by atoms with Crippen LogP contribution < -0.4 is 0 Å². The van der Waals surface area contributed by atoms with Crippen molar-refractivity contribution in [3.05, 3.63) is 33.8 Å². The first-order valence-electron chi connectivity index (χ1n) is 6.54. The zero-order valence-corrected chi connectivity index (χ0v) is 12.9. The van der Waals surface area contributed by atoms with E-state index in [1.165, 1.54) is 4.90 Å². The lowest BCUT2D eigenvalue weighted by Gasteiger charge is -2.39. The van der Waals surface area contributed by atoms with Crippen LogP contribution in [0.1, 0.15) is 24.9 Å². The number of halogens is 2. The molecule has 7 heteroatoms. The van der Waals surface area contributed by atoms with Crippen molar-refractivity contribution in [3.63, 3.8) is 0 Å². The first-order chi connectivity index (χ1) is 9.93. The van der Waals surface area contributed by atoms with Gasteiger partial charge in [-0.3, -0.25) is 4.79 Å². The summed E-state index contributed by atoms with van der Waals surface area (Å²) in [6.45, 7) is 2.13. The van der Waals surface area contributed by atoms with Crippen LogP contribution >= 0.6 is 23.2 Å². The summed E-state index contributed by atoms with van der Waals surface area (Å²) in [5.41, 5.74) is 0.557. The summed E-state index contributed by atoms with van der Waals surface area (Å²) in [6.07, 6.45) is -0.424. The van der Waals surface area contributed by atoms with Crippen molar-refractivity contribution in [3.8, 4) is 0 Å². The number of carbonyl (C=O) groups is 2. The predicted molar refractivity (Wildman–Crippen MR) is 78.6 cm³/mol. The molecule has 1 aliphatic heterocycles. The second-order valence-electron chi connectivity index (χ2n) is 4.80. The van der Waals surface area contributed by atoms with E-state index in [4.69, 9.17) is 27.9 Å². The van der Waals surface area contributed by atoms with Crippen molar-refractivity contribution >= 4 is 35.1 Å². The van der Waals surface area contributed by atoms with E-state index in [1.807, 2.05) is 6.92 Å². The molecular formula is C14H15Cl2NO4. The van der Waals surface area contributed by atoms with Gasteiger partial charge in [-0.2, -0.15) is 0 Å². The van der Waals surface area contributed by atoms with E-state index in [2.05, 4.69) is 0 Å². The highest BCUT2D eigenvalue weighted by atomic mass is 35.5. The lowest BCUT2D eigenvalue weighted by Crippen LogP contribution is -2.52. The zero-order chi connectivity index (χ0) is 15.6. The van der Waals surface area contributed by atoms with Crippen LogP contribution in [0.25, 0.3) is 0 Å². The molecule has 2 rings (SSSR count). The predicted octanol–water partition coefficient (Wildman–Crippen LogP) is 2.76. The van der Waals surface area contributed by atoms with Gasteiger partial charge in [0, 0.05) is 16.6 Å². The molecule has 0 spiro atoms. The van der Waals surface area contributed by atoms with Gasteiger partial charge in [0.25, 0.3) is 0 Å². The summed E-state index contributed by atoms with van der Waals surface area (Å²) < 4.78 is 5.20. The van der Waals surface area contributed by atoms with Gasteiger partial charge in [-0.05, 0) is 30.2 Å². The number of hydrogen-bond acceptors (Lipinski definition) is 3. The monoisotopic (exact) mass is 331 g/mol. The molecule has 0 aliphatic carbocycles. The maximum absolute atomic E-state index is 12.0. The minimum absolute atomic E-state index is 0.234. The zero-order valence-electron chi connectivity index (χ0n) is 11.4. The van der Waals surface area contributed by atoms with Crippen molar-refractivity contribution in [2.24, 2.45) is 0 Å². The molecule has 1 N–H and O–H groups in total. The smallest absolute Gasteiger partial charge is 0.335 e. The molecule has 0 aromatic heterocycles. The Morgan fingerprint density at radius 2 is 2.00 bits per heavy atom. The Bertz CT molecular complexity index is 544. The number of aliphatic carboxylic acids is 1. The average molecular weight is 332 g/mol. The Morgan fingerprint density at radius 3 is 2.52 bits per heavy atom. The number of ether oxygens (including phenoxy) is 1. The van der Waals surface area contributed by atoms with E-state index in [0.717, 1.165) is 0 Å². The molecule has 21 heavy (non-hydrogen) atoms.